The molecule has 4 aliphatic rings. The number of benzene rings is 2. The molecule has 6 atom stereocenters. The molecule has 13 nitrogen and oxygen atoms in total. The van der Waals surface area contributed by atoms with Crippen molar-refractivity contribution in [2.45, 2.75) is 109 Å². The van der Waals surface area contributed by atoms with E-state index < -0.39 is 30.1 Å². The van der Waals surface area contributed by atoms with Crippen molar-refractivity contribution in [3.63, 3.8) is 0 Å². The summed E-state index contributed by atoms with van der Waals surface area (Å²) in [6, 6.07) is 1.55. The summed E-state index contributed by atoms with van der Waals surface area (Å²) < 4.78 is 23.5. The largest absolute Gasteiger partial charge is 0.504 e. The van der Waals surface area contributed by atoms with Crippen molar-refractivity contribution in [2.75, 3.05) is 27.5 Å². The number of piperazine rings is 1. The first-order chi connectivity index (χ1) is 23.9. The van der Waals surface area contributed by atoms with Crippen molar-refractivity contribution in [3.05, 3.63) is 39.4 Å². The zero-order valence-corrected chi connectivity index (χ0v) is 29.8. The maximum absolute atomic E-state index is 13.5. The Balaban J connectivity index is 1.47. The number of methoxy groups -OCH3 is 1. The highest BCUT2D eigenvalue weighted by atomic mass is 16.7. The van der Waals surface area contributed by atoms with Crippen molar-refractivity contribution >= 4 is 17.8 Å². The zero-order chi connectivity index (χ0) is 36.0. The maximum Gasteiger partial charge on any atom is 0.308 e. The lowest BCUT2D eigenvalue weighted by Crippen LogP contribution is -2.69. The first-order valence-electron chi connectivity index (χ1n) is 17.4. The lowest BCUT2D eigenvalue weighted by molar-refractivity contribution is -0.132. The molecule has 268 valence electrons. The summed E-state index contributed by atoms with van der Waals surface area (Å²) in [4.78, 5) is 42.9. The third-order valence-corrected chi connectivity index (χ3v) is 10.8. The summed E-state index contributed by atoms with van der Waals surface area (Å²) in [6.45, 7) is 8.79. The number of hydrogen-bond acceptors (Lipinski definition) is 11. The number of unbranched alkanes of at least 4 members (excludes halogenated alkanes) is 2. The van der Waals surface area contributed by atoms with E-state index in [1.165, 1.54) is 14.0 Å². The molecule has 2 aromatic carbocycles. The van der Waals surface area contributed by atoms with Gasteiger partial charge in [0.05, 0.1) is 25.3 Å². The van der Waals surface area contributed by atoms with Gasteiger partial charge in [-0.3, -0.25) is 24.2 Å². The standard InChI is InChI=1S/C37H47N5O8/c1-8-9-10-11-28(44)40-20(4)37(46)39-16-27-30-23(34(50-21(5)43)19(3)35-36(30)49-17-48-35)14-25-31-29-22(12-18(2)33(47-7)32(29)45)13-24(41(31)6)26(15-38)42(25)27/h12,20,24-27,31,45H,8-11,13-14,16-17H2,1-7H3,(H,39,46)(H,40,44)/t20-,24-,25?,26-,27-,31?/m0/s1. The summed E-state index contributed by atoms with van der Waals surface area (Å²) >= 11 is 0. The fourth-order valence-corrected chi connectivity index (χ4v) is 8.58. The second-order valence-electron chi connectivity index (χ2n) is 13.8. The van der Waals surface area contributed by atoms with Gasteiger partial charge in [0.1, 0.15) is 17.8 Å². The molecule has 2 unspecified atom stereocenters. The predicted octanol–water partition coefficient (Wildman–Crippen LogP) is 3.64. The van der Waals surface area contributed by atoms with Gasteiger partial charge in [-0.2, -0.15) is 5.26 Å². The van der Waals surface area contributed by atoms with Crippen molar-refractivity contribution in [1.82, 2.24) is 20.4 Å². The zero-order valence-electron chi connectivity index (χ0n) is 29.8. The molecule has 0 aliphatic carbocycles. The Bertz CT molecular complexity index is 1750. The molecule has 50 heavy (non-hydrogen) atoms. The summed E-state index contributed by atoms with van der Waals surface area (Å²) in [5.41, 5.74) is 4.50. The van der Waals surface area contributed by atoms with E-state index in [9.17, 15) is 24.8 Å². The number of ether oxygens (including phenoxy) is 4. The van der Waals surface area contributed by atoms with Crippen LogP contribution in [0.15, 0.2) is 6.07 Å². The van der Waals surface area contributed by atoms with Crippen LogP contribution in [0.2, 0.25) is 0 Å². The Labute approximate surface area is 292 Å². The highest BCUT2D eigenvalue weighted by Gasteiger charge is 2.57. The molecule has 2 bridgehead atoms. The molecule has 4 aliphatic heterocycles. The second kappa shape index (κ2) is 14.0. The average molecular weight is 690 g/mol. The summed E-state index contributed by atoms with van der Waals surface area (Å²) in [7, 11) is 3.50. The number of nitrogens with zero attached hydrogens (tertiary/aromatic N) is 3. The molecule has 3 N–H and O–H groups in total. The van der Waals surface area contributed by atoms with Crippen LogP contribution < -0.4 is 29.6 Å². The first kappa shape index (κ1) is 35.3. The summed E-state index contributed by atoms with van der Waals surface area (Å²) in [5, 5.41) is 28.4. The Morgan fingerprint density at radius 2 is 1.86 bits per heavy atom. The number of fused-ring (bicyclic) bond motifs is 9. The van der Waals surface area contributed by atoms with Gasteiger partial charge in [0.2, 0.25) is 18.6 Å². The highest BCUT2D eigenvalue weighted by Crippen LogP contribution is 2.58. The second-order valence-corrected chi connectivity index (χ2v) is 13.8. The first-order valence-corrected chi connectivity index (χ1v) is 17.4. The number of esters is 1. The predicted molar refractivity (Wildman–Crippen MR) is 182 cm³/mol. The minimum absolute atomic E-state index is 0.0359. The third kappa shape index (κ3) is 5.88. The van der Waals surface area contributed by atoms with E-state index in [4.69, 9.17) is 18.9 Å². The number of amides is 2. The molecule has 0 aromatic heterocycles. The molecule has 13 heteroatoms. The normalized spacial score (nSPS) is 23.8. The number of phenols is 1. The Morgan fingerprint density at radius 1 is 1.12 bits per heavy atom. The lowest BCUT2D eigenvalue weighted by Gasteiger charge is -2.60. The molecule has 6 rings (SSSR count). The Hall–Kier alpha value is -4.54. The van der Waals surface area contributed by atoms with E-state index in [0.29, 0.717) is 59.0 Å². The van der Waals surface area contributed by atoms with E-state index in [1.807, 2.05) is 27.0 Å². The molecule has 0 spiro atoms. The molecular formula is C37H47N5O8. The number of carbonyl (C=O) groups is 3. The van der Waals surface area contributed by atoms with E-state index >= 15 is 0 Å². The number of aromatic hydroxyl groups is 1. The van der Waals surface area contributed by atoms with Crippen molar-refractivity contribution in [2.24, 2.45) is 0 Å². The number of rotatable bonds is 10. The number of nitrogens with one attached hydrogen (secondary N) is 2. The van der Waals surface area contributed by atoms with E-state index in [1.54, 1.807) is 6.92 Å². The minimum Gasteiger partial charge on any atom is -0.504 e. The van der Waals surface area contributed by atoms with Crippen molar-refractivity contribution in [1.29, 1.82) is 5.26 Å². The van der Waals surface area contributed by atoms with E-state index in [0.717, 1.165) is 36.0 Å². The molecule has 1 fully saturated rings. The average Bonchev–Trinajstić information content (AvgIpc) is 3.56. The molecule has 0 saturated carbocycles. The van der Waals surface area contributed by atoms with Gasteiger partial charge in [0.25, 0.3) is 0 Å². The number of nitriles is 1. The van der Waals surface area contributed by atoms with Crippen LogP contribution in [0.4, 0.5) is 0 Å². The van der Waals surface area contributed by atoms with Gasteiger partial charge >= 0.3 is 5.97 Å². The number of hydrogen-bond donors (Lipinski definition) is 3. The van der Waals surface area contributed by atoms with Gasteiger partial charge in [0.15, 0.2) is 23.0 Å². The fourth-order valence-electron chi connectivity index (χ4n) is 8.58. The Kier molecular flexibility index (Phi) is 9.88. The van der Waals surface area contributed by atoms with Gasteiger partial charge in [-0.15, -0.1) is 0 Å². The summed E-state index contributed by atoms with van der Waals surface area (Å²) in [5.74, 6) is 0.712. The van der Waals surface area contributed by atoms with Gasteiger partial charge in [-0.05, 0) is 58.2 Å². The smallest absolute Gasteiger partial charge is 0.308 e. The van der Waals surface area contributed by atoms with Crippen LogP contribution in [0.3, 0.4) is 0 Å². The van der Waals surface area contributed by atoms with Crippen LogP contribution in [0, 0.1) is 25.2 Å². The van der Waals surface area contributed by atoms with Gasteiger partial charge in [-0.25, -0.2) is 0 Å². The van der Waals surface area contributed by atoms with Crippen LogP contribution in [-0.4, -0.2) is 84.4 Å². The van der Waals surface area contributed by atoms with Crippen LogP contribution in [0.5, 0.6) is 28.7 Å². The monoisotopic (exact) mass is 689 g/mol. The molecular weight excluding hydrogens is 642 g/mol. The van der Waals surface area contributed by atoms with Crippen LogP contribution in [-0.2, 0) is 27.2 Å². The number of phenolic OH excluding ortho intramolecular Hbond substituents is 1. The van der Waals surface area contributed by atoms with Gasteiger partial charge in [0, 0.05) is 54.2 Å². The minimum atomic E-state index is -0.791. The third-order valence-electron chi connectivity index (χ3n) is 10.8. The highest BCUT2D eigenvalue weighted by molar-refractivity contribution is 5.87. The number of likely N-dealkylation sites (N-methyl/N-ethyl adjacent to an activating group) is 1. The molecule has 0 radical (unpaired) electrons. The van der Waals surface area contributed by atoms with Gasteiger partial charge in [-0.1, -0.05) is 25.8 Å². The molecule has 2 aromatic rings. The SMILES string of the molecule is CCCCCC(=O)N[C@@H](C)C(=O)NC[C@H]1c2c(c(OC(C)=O)c(C)c3c2OCO3)CC2C3c4c(cc(C)c(OC)c4O)C[C@@H]([C@H](C#N)N21)N3C. The fraction of sp³-hybridized carbons (Fsp3) is 0.568. The molecule has 4 heterocycles. The number of aryl methyl sites for hydroxylation is 1. The van der Waals surface area contributed by atoms with Crippen LogP contribution >= 0.6 is 0 Å². The summed E-state index contributed by atoms with van der Waals surface area (Å²) in [6.07, 6.45) is 3.87. The van der Waals surface area contributed by atoms with Crippen LogP contribution in [0.25, 0.3) is 0 Å². The quantitative estimate of drug-likeness (QED) is 0.190. The maximum atomic E-state index is 13.5. The van der Waals surface area contributed by atoms with E-state index in [-0.39, 0.29) is 43.0 Å². The molecule has 1 saturated heterocycles. The lowest BCUT2D eigenvalue weighted by atomic mass is 9.71. The Morgan fingerprint density at radius 3 is 2.54 bits per heavy atom. The molecule has 2 amide bonds. The van der Waals surface area contributed by atoms with E-state index in [2.05, 4.69) is 33.4 Å². The topological polar surface area (TPSA) is 163 Å². The van der Waals surface area contributed by atoms with Crippen LogP contribution in [0.1, 0.15) is 91.9 Å². The van der Waals surface area contributed by atoms with Crippen molar-refractivity contribution < 1.29 is 38.4 Å². The number of carbonyl (C=O) groups excluding carboxylic acids is 3. The van der Waals surface area contributed by atoms with Gasteiger partial charge < -0.3 is 34.7 Å². The van der Waals surface area contributed by atoms with Crippen molar-refractivity contribution in [3.8, 4) is 34.8 Å².